The third-order valence-corrected chi connectivity index (χ3v) is 4.29. The van der Waals surface area contributed by atoms with E-state index in [-0.39, 0.29) is 0 Å². The lowest BCUT2D eigenvalue weighted by Gasteiger charge is -2.12. The summed E-state index contributed by atoms with van der Waals surface area (Å²) in [7, 11) is 0. The van der Waals surface area contributed by atoms with Crippen LogP contribution in [-0.2, 0) is 0 Å². The van der Waals surface area contributed by atoms with Gasteiger partial charge in [-0.25, -0.2) is 4.98 Å². The largest absolute Gasteiger partial charge is 0.395 e. The second-order valence-electron chi connectivity index (χ2n) is 4.31. The Bertz CT molecular complexity index is 752. The minimum atomic E-state index is 0.695. The first-order valence-electron chi connectivity index (χ1n) is 5.80. The van der Waals surface area contributed by atoms with E-state index in [4.69, 9.17) is 5.73 Å². The molecule has 0 atom stereocenters. The Labute approximate surface area is 123 Å². The number of nitrogens with zero attached hydrogens (tertiary/aromatic N) is 1. The molecule has 19 heavy (non-hydrogen) atoms. The van der Waals surface area contributed by atoms with Crippen molar-refractivity contribution in [2.45, 2.75) is 6.92 Å². The van der Waals surface area contributed by atoms with Gasteiger partial charge in [-0.1, -0.05) is 15.9 Å². The zero-order valence-corrected chi connectivity index (χ0v) is 12.7. The Balaban J connectivity index is 2.03. The number of nitrogen functional groups attached to an aromatic ring is 1. The average molecular weight is 334 g/mol. The first kappa shape index (κ1) is 12.4. The highest BCUT2D eigenvalue weighted by Crippen LogP contribution is 2.33. The van der Waals surface area contributed by atoms with Gasteiger partial charge in [0, 0.05) is 10.2 Å². The van der Waals surface area contributed by atoms with Gasteiger partial charge in [-0.15, -0.1) is 11.3 Å². The van der Waals surface area contributed by atoms with Crippen molar-refractivity contribution in [3.05, 3.63) is 45.9 Å². The van der Waals surface area contributed by atoms with Crippen molar-refractivity contribution in [1.82, 2.24) is 4.98 Å². The molecule has 0 saturated carbocycles. The normalized spacial score (nSPS) is 10.8. The molecule has 0 fully saturated rings. The Hall–Kier alpha value is -1.59. The number of fused-ring (bicyclic) bond motifs is 1. The van der Waals surface area contributed by atoms with Gasteiger partial charge in [-0.05, 0) is 42.8 Å². The molecule has 0 saturated heterocycles. The Morgan fingerprint density at radius 2 is 2.00 bits per heavy atom. The lowest BCUT2D eigenvalue weighted by molar-refractivity contribution is 1.42. The van der Waals surface area contributed by atoms with Gasteiger partial charge in [-0.3, -0.25) is 0 Å². The molecule has 3 nitrogen and oxygen atoms in total. The van der Waals surface area contributed by atoms with Crippen molar-refractivity contribution in [3.8, 4) is 0 Å². The van der Waals surface area contributed by atoms with Gasteiger partial charge in [0.2, 0.25) is 0 Å². The molecule has 0 aliphatic rings. The topological polar surface area (TPSA) is 50.9 Å². The maximum absolute atomic E-state index is 6.16. The third kappa shape index (κ3) is 2.31. The number of aryl methyl sites for hydroxylation is 1. The van der Waals surface area contributed by atoms with Crippen molar-refractivity contribution >= 4 is 54.5 Å². The predicted octanol–water partition coefficient (Wildman–Crippen LogP) is 4.69. The molecule has 0 aliphatic carbocycles. The van der Waals surface area contributed by atoms with Gasteiger partial charge >= 0.3 is 0 Å². The molecular formula is C14H12BrN3S. The highest BCUT2D eigenvalue weighted by atomic mass is 79.9. The summed E-state index contributed by atoms with van der Waals surface area (Å²) < 4.78 is 2.18. The van der Waals surface area contributed by atoms with Crippen LogP contribution in [0.25, 0.3) is 10.2 Å². The molecule has 1 heterocycles. The van der Waals surface area contributed by atoms with Crippen molar-refractivity contribution < 1.29 is 0 Å². The first-order chi connectivity index (χ1) is 9.15. The standard InChI is InChI=1S/C14H12BrN3S/c1-8-6-9(15)2-3-10(8)18-11-4-5-12-14(13(11)16)17-7-19-12/h2-7,18H,16H2,1H3. The number of nitrogens with two attached hydrogens (primary N) is 1. The zero-order valence-electron chi connectivity index (χ0n) is 10.3. The molecule has 1 aromatic heterocycles. The molecule has 3 N–H and O–H groups in total. The number of nitrogens with one attached hydrogen (secondary N) is 1. The van der Waals surface area contributed by atoms with Gasteiger partial charge in [0.15, 0.2) is 0 Å². The summed E-state index contributed by atoms with van der Waals surface area (Å²) in [5, 5.41) is 3.37. The molecule has 0 radical (unpaired) electrons. The lowest BCUT2D eigenvalue weighted by atomic mass is 10.2. The Morgan fingerprint density at radius 1 is 1.21 bits per heavy atom. The van der Waals surface area contributed by atoms with E-state index in [1.54, 1.807) is 11.3 Å². The number of aromatic nitrogens is 1. The number of hydrogen-bond donors (Lipinski definition) is 2. The van der Waals surface area contributed by atoms with E-state index >= 15 is 0 Å². The molecule has 3 aromatic rings. The van der Waals surface area contributed by atoms with E-state index in [0.29, 0.717) is 5.69 Å². The van der Waals surface area contributed by atoms with Crippen molar-refractivity contribution in [3.63, 3.8) is 0 Å². The van der Waals surface area contributed by atoms with Gasteiger partial charge in [0.05, 0.1) is 21.6 Å². The van der Waals surface area contributed by atoms with Crippen LogP contribution in [-0.4, -0.2) is 4.98 Å². The fraction of sp³-hybridized carbons (Fsp3) is 0.0714. The molecule has 0 spiro atoms. The molecule has 96 valence electrons. The molecular weight excluding hydrogens is 322 g/mol. The van der Waals surface area contributed by atoms with E-state index in [1.807, 2.05) is 29.8 Å². The SMILES string of the molecule is Cc1cc(Br)ccc1Nc1ccc2scnc2c1N. The summed E-state index contributed by atoms with van der Waals surface area (Å²) in [5.74, 6) is 0. The summed E-state index contributed by atoms with van der Waals surface area (Å²) >= 11 is 5.06. The summed E-state index contributed by atoms with van der Waals surface area (Å²) in [6.45, 7) is 2.06. The van der Waals surface area contributed by atoms with Crippen LogP contribution in [0.4, 0.5) is 17.1 Å². The molecule has 5 heteroatoms. The third-order valence-electron chi connectivity index (χ3n) is 3.00. The van der Waals surface area contributed by atoms with E-state index in [9.17, 15) is 0 Å². The second-order valence-corrected chi connectivity index (χ2v) is 6.11. The minimum absolute atomic E-state index is 0.695. The molecule has 0 bridgehead atoms. The zero-order chi connectivity index (χ0) is 13.4. The average Bonchev–Trinajstić information content (AvgIpc) is 2.85. The quantitative estimate of drug-likeness (QED) is 0.668. The van der Waals surface area contributed by atoms with Gasteiger partial charge < -0.3 is 11.1 Å². The number of thiazole rings is 1. The van der Waals surface area contributed by atoms with Crippen LogP contribution >= 0.6 is 27.3 Å². The molecule has 2 aromatic carbocycles. The first-order valence-corrected chi connectivity index (χ1v) is 7.47. The number of rotatable bonds is 2. The Kier molecular flexibility index (Phi) is 3.16. The van der Waals surface area contributed by atoms with Crippen LogP contribution in [0.2, 0.25) is 0 Å². The van der Waals surface area contributed by atoms with Crippen molar-refractivity contribution in [2.75, 3.05) is 11.1 Å². The summed E-state index contributed by atoms with van der Waals surface area (Å²) in [5.41, 5.74) is 12.6. The van der Waals surface area contributed by atoms with Crippen LogP contribution in [0.1, 0.15) is 5.56 Å². The van der Waals surface area contributed by atoms with Gasteiger partial charge in [-0.2, -0.15) is 0 Å². The number of hydrogen-bond acceptors (Lipinski definition) is 4. The molecule has 3 rings (SSSR count). The van der Waals surface area contributed by atoms with Crippen LogP contribution in [0, 0.1) is 6.92 Å². The maximum atomic E-state index is 6.16. The molecule has 0 amide bonds. The fourth-order valence-corrected chi connectivity index (χ4v) is 3.14. The fourth-order valence-electron chi connectivity index (χ4n) is 1.97. The maximum Gasteiger partial charge on any atom is 0.106 e. The van der Waals surface area contributed by atoms with Crippen LogP contribution < -0.4 is 11.1 Å². The highest BCUT2D eigenvalue weighted by molar-refractivity contribution is 9.10. The molecule has 0 unspecified atom stereocenters. The van der Waals surface area contributed by atoms with Crippen LogP contribution in [0.5, 0.6) is 0 Å². The smallest absolute Gasteiger partial charge is 0.106 e. The second kappa shape index (κ2) is 4.83. The summed E-state index contributed by atoms with van der Waals surface area (Å²) in [6.07, 6.45) is 0. The number of benzene rings is 2. The van der Waals surface area contributed by atoms with Crippen LogP contribution in [0.3, 0.4) is 0 Å². The molecule has 0 aliphatic heterocycles. The summed E-state index contributed by atoms with van der Waals surface area (Å²) in [4.78, 5) is 4.30. The van der Waals surface area contributed by atoms with Gasteiger partial charge in [0.1, 0.15) is 5.52 Å². The Morgan fingerprint density at radius 3 is 2.79 bits per heavy atom. The highest BCUT2D eigenvalue weighted by Gasteiger charge is 2.08. The lowest BCUT2D eigenvalue weighted by Crippen LogP contribution is -1.98. The predicted molar refractivity (Wildman–Crippen MR) is 86.2 cm³/mol. The minimum Gasteiger partial charge on any atom is -0.395 e. The van der Waals surface area contributed by atoms with Crippen molar-refractivity contribution in [2.24, 2.45) is 0 Å². The number of halogens is 1. The monoisotopic (exact) mass is 333 g/mol. The van der Waals surface area contributed by atoms with Crippen molar-refractivity contribution in [1.29, 1.82) is 0 Å². The van der Waals surface area contributed by atoms with Crippen LogP contribution in [0.15, 0.2) is 40.3 Å². The van der Waals surface area contributed by atoms with E-state index < -0.39 is 0 Å². The van der Waals surface area contributed by atoms with Gasteiger partial charge in [0.25, 0.3) is 0 Å². The van der Waals surface area contributed by atoms with E-state index in [2.05, 4.69) is 39.2 Å². The van der Waals surface area contributed by atoms with E-state index in [1.165, 1.54) is 0 Å². The number of anilines is 3. The van der Waals surface area contributed by atoms with E-state index in [0.717, 1.165) is 31.6 Å². The summed E-state index contributed by atoms with van der Waals surface area (Å²) in [6, 6.07) is 10.1.